The lowest BCUT2D eigenvalue weighted by Gasteiger charge is -2.23. The van der Waals surface area contributed by atoms with Crippen molar-refractivity contribution in [2.45, 2.75) is 32.7 Å². The molecule has 18 heavy (non-hydrogen) atoms. The van der Waals surface area contributed by atoms with E-state index in [2.05, 4.69) is 36.3 Å². The second kappa shape index (κ2) is 6.44. The van der Waals surface area contributed by atoms with Gasteiger partial charge < -0.3 is 10.2 Å². The number of halogens is 1. The van der Waals surface area contributed by atoms with Crippen molar-refractivity contribution in [1.82, 2.24) is 5.32 Å². The van der Waals surface area contributed by atoms with Crippen molar-refractivity contribution in [3.63, 3.8) is 0 Å². The minimum absolute atomic E-state index is 0.826. The zero-order valence-corrected chi connectivity index (χ0v) is 12.1. The molecule has 0 unspecified atom stereocenters. The third-order valence-corrected chi connectivity index (χ3v) is 3.66. The highest BCUT2D eigenvalue weighted by Gasteiger charge is 2.23. The summed E-state index contributed by atoms with van der Waals surface area (Å²) in [6, 6.07) is 6.22. The molecule has 2 rings (SSSR count). The summed E-state index contributed by atoms with van der Waals surface area (Å²) >= 11 is 6.13. The zero-order valence-electron chi connectivity index (χ0n) is 11.4. The Hall–Kier alpha value is -0.730. The van der Waals surface area contributed by atoms with Gasteiger partial charge in [0.05, 0.1) is 0 Å². The smallest absolute Gasteiger partial charge is 0.0426 e. The fourth-order valence-corrected chi connectivity index (χ4v) is 2.39. The van der Waals surface area contributed by atoms with Crippen molar-refractivity contribution in [3.05, 3.63) is 28.8 Å². The van der Waals surface area contributed by atoms with Crippen LogP contribution >= 0.6 is 11.6 Å². The van der Waals surface area contributed by atoms with Crippen molar-refractivity contribution in [3.8, 4) is 0 Å². The first-order chi connectivity index (χ1) is 8.70. The van der Waals surface area contributed by atoms with Crippen molar-refractivity contribution >= 4 is 17.3 Å². The third-order valence-electron chi connectivity index (χ3n) is 3.43. The third kappa shape index (κ3) is 3.89. The van der Waals surface area contributed by atoms with Gasteiger partial charge in [-0.2, -0.15) is 0 Å². The SMILES string of the molecule is CCCNCc1ccc(Cl)cc1N(C)CC1CC1. The lowest BCUT2D eigenvalue weighted by atomic mass is 10.1. The Balaban J connectivity index is 2.06. The summed E-state index contributed by atoms with van der Waals surface area (Å²) in [6.07, 6.45) is 3.93. The van der Waals surface area contributed by atoms with Crippen molar-refractivity contribution in [1.29, 1.82) is 0 Å². The fourth-order valence-electron chi connectivity index (χ4n) is 2.23. The maximum atomic E-state index is 6.13. The average molecular weight is 267 g/mol. The maximum Gasteiger partial charge on any atom is 0.0426 e. The van der Waals surface area contributed by atoms with E-state index < -0.39 is 0 Å². The van der Waals surface area contributed by atoms with Gasteiger partial charge in [0.15, 0.2) is 0 Å². The van der Waals surface area contributed by atoms with Crippen LogP contribution in [-0.4, -0.2) is 20.1 Å². The number of rotatable bonds is 7. The van der Waals surface area contributed by atoms with Crippen LogP contribution in [0.15, 0.2) is 18.2 Å². The van der Waals surface area contributed by atoms with E-state index in [1.807, 2.05) is 6.07 Å². The minimum atomic E-state index is 0.826. The summed E-state index contributed by atoms with van der Waals surface area (Å²) in [5.74, 6) is 0.894. The number of anilines is 1. The molecular formula is C15H23ClN2. The molecule has 0 aromatic heterocycles. The molecule has 1 aromatic carbocycles. The highest BCUT2D eigenvalue weighted by Crippen LogP contribution is 2.32. The molecule has 1 aromatic rings. The fraction of sp³-hybridized carbons (Fsp3) is 0.600. The van der Waals surface area contributed by atoms with Gasteiger partial charge in [-0.1, -0.05) is 24.6 Å². The molecule has 0 radical (unpaired) electrons. The van der Waals surface area contributed by atoms with E-state index in [0.29, 0.717) is 0 Å². The Kier molecular flexibility index (Phi) is 4.90. The topological polar surface area (TPSA) is 15.3 Å². The molecule has 3 heteroatoms. The molecule has 0 heterocycles. The number of hydrogen-bond acceptors (Lipinski definition) is 2. The quantitative estimate of drug-likeness (QED) is 0.758. The number of nitrogens with one attached hydrogen (secondary N) is 1. The van der Waals surface area contributed by atoms with E-state index in [0.717, 1.165) is 30.6 Å². The summed E-state index contributed by atoms with van der Waals surface area (Å²) in [6.45, 7) is 5.33. The van der Waals surface area contributed by atoms with Gasteiger partial charge in [0.25, 0.3) is 0 Å². The Morgan fingerprint density at radius 1 is 1.39 bits per heavy atom. The summed E-state index contributed by atoms with van der Waals surface area (Å²) < 4.78 is 0. The summed E-state index contributed by atoms with van der Waals surface area (Å²) in [7, 11) is 2.17. The van der Waals surface area contributed by atoms with Crippen LogP contribution in [0.3, 0.4) is 0 Å². The van der Waals surface area contributed by atoms with Gasteiger partial charge in [0.1, 0.15) is 0 Å². The molecule has 0 spiro atoms. The molecular weight excluding hydrogens is 244 g/mol. The van der Waals surface area contributed by atoms with Crippen molar-refractivity contribution in [2.24, 2.45) is 5.92 Å². The lowest BCUT2D eigenvalue weighted by Crippen LogP contribution is -2.23. The molecule has 1 aliphatic carbocycles. The molecule has 2 nitrogen and oxygen atoms in total. The van der Waals surface area contributed by atoms with Crippen LogP contribution in [0.2, 0.25) is 5.02 Å². The zero-order chi connectivity index (χ0) is 13.0. The first-order valence-corrected chi connectivity index (χ1v) is 7.28. The van der Waals surface area contributed by atoms with Gasteiger partial charge in [-0.05, 0) is 49.4 Å². The monoisotopic (exact) mass is 266 g/mol. The highest BCUT2D eigenvalue weighted by atomic mass is 35.5. The largest absolute Gasteiger partial charge is 0.374 e. The van der Waals surface area contributed by atoms with Crippen LogP contribution < -0.4 is 10.2 Å². The van der Waals surface area contributed by atoms with Crippen LogP contribution in [0.25, 0.3) is 0 Å². The van der Waals surface area contributed by atoms with Gasteiger partial charge >= 0.3 is 0 Å². The molecule has 1 N–H and O–H groups in total. The summed E-state index contributed by atoms with van der Waals surface area (Å²) in [5.41, 5.74) is 2.62. The molecule has 100 valence electrons. The van der Waals surface area contributed by atoms with Crippen molar-refractivity contribution in [2.75, 3.05) is 25.0 Å². The lowest BCUT2D eigenvalue weighted by molar-refractivity contribution is 0.672. The van der Waals surface area contributed by atoms with Crippen LogP contribution in [-0.2, 0) is 6.54 Å². The average Bonchev–Trinajstić information content (AvgIpc) is 3.15. The highest BCUT2D eigenvalue weighted by molar-refractivity contribution is 6.30. The molecule has 0 saturated heterocycles. The van der Waals surface area contributed by atoms with Crippen LogP contribution in [0.4, 0.5) is 5.69 Å². The Bertz CT molecular complexity index is 388. The molecule has 0 aliphatic heterocycles. The second-order valence-corrected chi connectivity index (χ2v) is 5.71. The normalized spacial score (nSPS) is 14.8. The number of hydrogen-bond donors (Lipinski definition) is 1. The van der Waals surface area contributed by atoms with E-state index >= 15 is 0 Å². The predicted molar refractivity (Wildman–Crippen MR) is 79.4 cm³/mol. The second-order valence-electron chi connectivity index (χ2n) is 5.27. The Labute approximate surface area is 115 Å². The Morgan fingerprint density at radius 3 is 2.83 bits per heavy atom. The van der Waals surface area contributed by atoms with E-state index in [9.17, 15) is 0 Å². The molecule has 0 atom stereocenters. The molecule has 1 aliphatic rings. The van der Waals surface area contributed by atoms with E-state index in [1.165, 1.54) is 30.5 Å². The van der Waals surface area contributed by atoms with E-state index in [-0.39, 0.29) is 0 Å². The minimum Gasteiger partial charge on any atom is -0.374 e. The van der Waals surface area contributed by atoms with Crippen LogP contribution in [0, 0.1) is 5.92 Å². The standard InChI is InChI=1S/C15H23ClN2/c1-3-8-17-10-13-6-7-14(16)9-15(13)18(2)11-12-4-5-12/h6-7,9,12,17H,3-5,8,10-11H2,1-2H3. The van der Waals surface area contributed by atoms with Gasteiger partial charge in [-0.3, -0.25) is 0 Å². The molecule has 0 bridgehead atoms. The van der Waals surface area contributed by atoms with Gasteiger partial charge in [-0.15, -0.1) is 0 Å². The predicted octanol–water partition coefficient (Wildman–Crippen LogP) is 3.69. The maximum absolute atomic E-state index is 6.13. The first-order valence-electron chi connectivity index (χ1n) is 6.91. The van der Waals surface area contributed by atoms with Crippen molar-refractivity contribution < 1.29 is 0 Å². The van der Waals surface area contributed by atoms with Crippen LogP contribution in [0.1, 0.15) is 31.7 Å². The summed E-state index contributed by atoms with van der Waals surface area (Å²) in [4.78, 5) is 2.35. The van der Waals surface area contributed by atoms with Gasteiger partial charge in [0, 0.05) is 30.8 Å². The number of benzene rings is 1. The molecule has 1 saturated carbocycles. The summed E-state index contributed by atoms with van der Waals surface area (Å²) in [5, 5.41) is 4.29. The first kappa shape index (κ1) is 13.7. The van der Waals surface area contributed by atoms with Gasteiger partial charge in [0.2, 0.25) is 0 Å². The number of nitrogens with zero attached hydrogens (tertiary/aromatic N) is 1. The molecule has 0 amide bonds. The Morgan fingerprint density at radius 2 is 2.17 bits per heavy atom. The molecule has 1 fully saturated rings. The van der Waals surface area contributed by atoms with Gasteiger partial charge in [-0.25, -0.2) is 0 Å². The van der Waals surface area contributed by atoms with E-state index in [1.54, 1.807) is 0 Å². The van der Waals surface area contributed by atoms with E-state index in [4.69, 9.17) is 11.6 Å². The van der Waals surface area contributed by atoms with Crippen LogP contribution in [0.5, 0.6) is 0 Å².